The Hall–Kier alpha value is -1.90. The summed E-state index contributed by atoms with van der Waals surface area (Å²) in [7, 11) is -1.85. The molecule has 28 heavy (non-hydrogen) atoms. The molecule has 1 saturated heterocycles. The molecule has 1 aliphatic carbocycles. The lowest BCUT2D eigenvalue weighted by Gasteiger charge is -2.33. The van der Waals surface area contributed by atoms with Crippen LogP contribution in [-0.4, -0.2) is 54.6 Å². The molecule has 2 aliphatic rings. The molecular weight excluding hydrogens is 442 g/mol. The first kappa shape index (κ1) is 19.4. The quantitative estimate of drug-likeness (QED) is 0.701. The molecule has 4 rings (SSSR count). The fraction of sp³-hybridized carbons (Fsp3) is 0.350. The second-order valence-corrected chi connectivity index (χ2v) is 10.9. The van der Waals surface area contributed by atoms with Crippen LogP contribution in [0.2, 0.25) is 0 Å². The van der Waals surface area contributed by atoms with Crippen molar-refractivity contribution in [2.75, 3.05) is 31.6 Å². The van der Waals surface area contributed by atoms with Gasteiger partial charge in [-0.05, 0) is 30.6 Å². The van der Waals surface area contributed by atoms with Crippen LogP contribution < -0.4 is 4.90 Å². The maximum Gasteiger partial charge on any atom is 0.248 e. The fourth-order valence-corrected chi connectivity index (χ4v) is 6.44. The van der Waals surface area contributed by atoms with Crippen LogP contribution in [0, 0.1) is 0 Å². The summed E-state index contributed by atoms with van der Waals surface area (Å²) in [6, 6.07) is 7.35. The van der Waals surface area contributed by atoms with Gasteiger partial charge in [0.05, 0.1) is 17.7 Å². The van der Waals surface area contributed by atoms with Gasteiger partial charge in [-0.3, -0.25) is 9.69 Å². The van der Waals surface area contributed by atoms with Crippen molar-refractivity contribution in [3.8, 4) is 0 Å². The van der Waals surface area contributed by atoms with Gasteiger partial charge in [-0.25, -0.2) is 12.4 Å². The van der Waals surface area contributed by atoms with E-state index < -0.39 is 14.8 Å². The van der Waals surface area contributed by atoms with E-state index in [1.807, 2.05) is 36.2 Å². The minimum Gasteiger partial charge on any atom is -0.308 e. The maximum absolute atomic E-state index is 13.7. The molecule has 2 aromatic rings. The molecule has 1 amide bonds. The predicted octanol–water partition coefficient (Wildman–Crippen LogP) is 3.10. The van der Waals surface area contributed by atoms with Crippen molar-refractivity contribution in [1.29, 1.82) is 0 Å². The molecule has 1 unspecified atom stereocenters. The van der Waals surface area contributed by atoms with E-state index >= 15 is 0 Å². The van der Waals surface area contributed by atoms with Crippen molar-refractivity contribution in [2.45, 2.75) is 18.1 Å². The highest BCUT2D eigenvalue weighted by Gasteiger charge is 2.41. The average Bonchev–Trinajstić information content (AvgIpc) is 3.06. The first-order chi connectivity index (χ1) is 13.2. The van der Waals surface area contributed by atoms with E-state index in [0.29, 0.717) is 30.7 Å². The molecule has 0 radical (unpaired) electrons. The number of para-hydroxylation sites is 1. The number of rotatable bonds is 3. The van der Waals surface area contributed by atoms with E-state index in [-0.39, 0.29) is 5.91 Å². The summed E-state index contributed by atoms with van der Waals surface area (Å²) in [6.07, 6.45) is 7.31. The molecule has 2 heterocycles. The molecule has 0 bridgehead atoms. The summed E-state index contributed by atoms with van der Waals surface area (Å²) in [5.74, 6) is -0.0270. The number of carbonyl (C=O) groups is 1. The molecule has 8 heteroatoms. The third-order valence-electron chi connectivity index (χ3n) is 5.45. The Bertz CT molecular complexity index is 1120. The molecular formula is C20H22BrN3O3S. The lowest BCUT2D eigenvalue weighted by Crippen LogP contribution is -2.49. The standard InChI is InChI=1S/C20H22BrN3O3S/c1-20(9-4-6-16(21)13-20)28(26,27)24-10-8-15-5-3-7-17(19(15)24)23-12-11-22(2)14-18(23)25/h3-10H,11-14H2,1-2H3. The topological polar surface area (TPSA) is 62.6 Å². The van der Waals surface area contributed by atoms with E-state index in [2.05, 4.69) is 15.9 Å². The Balaban J connectivity index is 1.87. The van der Waals surface area contributed by atoms with Gasteiger partial charge in [0.1, 0.15) is 4.75 Å². The van der Waals surface area contributed by atoms with Crippen molar-refractivity contribution >= 4 is 48.5 Å². The molecule has 1 aromatic heterocycles. The lowest BCUT2D eigenvalue weighted by molar-refractivity contribution is -0.120. The first-order valence-electron chi connectivity index (χ1n) is 9.11. The van der Waals surface area contributed by atoms with Crippen molar-refractivity contribution in [1.82, 2.24) is 8.87 Å². The third kappa shape index (κ3) is 3.03. The fourth-order valence-electron chi connectivity index (χ4n) is 3.82. The Morgan fingerprint density at radius 3 is 2.68 bits per heavy atom. The Morgan fingerprint density at radius 2 is 1.96 bits per heavy atom. The van der Waals surface area contributed by atoms with Gasteiger partial charge in [0, 0.05) is 31.1 Å². The number of hydrogen-bond donors (Lipinski definition) is 0. The van der Waals surface area contributed by atoms with E-state index in [1.54, 1.807) is 36.2 Å². The lowest BCUT2D eigenvalue weighted by atomic mass is 10.0. The predicted molar refractivity (Wildman–Crippen MR) is 115 cm³/mol. The number of likely N-dealkylation sites (N-methyl/N-ethyl adjacent to an activating group) is 1. The summed E-state index contributed by atoms with van der Waals surface area (Å²) >= 11 is 3.44. The summed E-state index contributed by atoms with van der Waals surface area (Å²) < 4.78 is 28.4. The molecule has 1 aliphatic heterocycles. The number of amides is 1. The molecule has 6 nitrogen and oxygen atoms in total. The zero-order chi connectivity index (χ0) is 20.1. The van der Waals surface area contributed by atoms with Crippen LogP contribution in [0.1, 0.15) is 13.3 Å². The van der Waals surface area contributed by atoms with Crippen LogP contribution in [-0.2, 0) is 14.8 Å². The second-order valence-electron chi connectivity index (χ2n) is 7.58. The Labute approximate surface area is 173 Å². The number of carbonyl (C=O) groups excluding carboxylic acids is 1. The molecule has 0 saturated carbocycles. The normalized spacial score (nSPS) is 24.0. The number of piperazine rings is 1. The van der Waals surface area contributed by atoms with E-state index in [1.165, 1.54) is 3.97 Å². The van der Waals surface area contributed by atoms with Crippen LogP contribution in [0.25, 0.3) is 10.9 Å². The Morgan fingerprint density at radius 1 is 1.18 bits per heavy atom. The van der Waals surface area contributed by atoms with Crippen LogP contribution in [0.5, 0.6) is 0 Å². The van der Waals surface area contributed by atoms with E-state index in [0.717, 1.165) is 16.4 Å². The van der Waals surface area contributed by atoms with Gasteiger partial charge in [-0.2, -0.15) is 0 Å². The van der Waals surface area contributed by atoms with E-state index in [9.17, 15) is 13.2 Å². The minimum atomic E-state index is -3.76. The second kappa shape index (κ2) is 6.86. The number of nitrogens with zero attached hydrogens (tertiary/aromatic N) is 3. The largest absolute Gasteiger partial charge is 0.308 e. The molecule has 1 aromatic carbocycles. The number of fused-ring (bicyclic) bond motifs is 1. The van der Waals surface area contributed by atoms with Crippen LogP contribution in [0.3, 0.4) is 0 Å². The van der Waals surface area contributed by atoms with Crippen molar-refractivity contribution < 1.29 is 13.2 Å². The van der Waals surface area contributed by atoms with Gasteiger partial charge < -0.3 is 4.90 Å². The number of benzene rings is 1. The zero-order valence-corrected chi connectivity index (χ0v) is 18.2. The number of halogens is 1. The molecule has 148 valence electrons. The first-order valence-corrected chi connectivity index (χ1v) is 11.3. The molecule has 0 N–H and O–H groups in total. The van der Waals surface area contributed by atoms with Gasteiger partial charge in [0.2, 0.25) is 15.9 Å². The average molecular weight is 464 g/mol. The van der Waals surface area contributed by atoms with Gasteiger partial charge in [-0.1, -0.05) is 46.3 Å². The van der Waals surface area contributed by atoms with Gasteiger partial charge in [-0.15, -0.1) is 0 Å². The van der Waals surface area contributed by atoms with Gasteiger partial charge in [0.15, 0.2) is 0 Å². The highest BCUT2D eigenvalue weighted by Crippen LogP contribution is 2.38. The summed E-state index contributed by atoms with van der Waals surface area (Å²) in [5, 5.41) is 0.797. The van der Waals surface area contributed by atoms with Crippen LogP contribution in [0.15, 0.2) is 53.2 Å². The number of aromatic nitrogens is 1. The molecule has 1 fully saturated rings. The minimum absolute atomic E-state index is 0.0270. The summed E-state index contributed by atoms with van der Waals surface area (Å²) in [4.78, 5) is 16.3. The molecule has 0 spiro atoms. The molecule has 1 atom stereocenters. The van der Waals surface area contributed by atoms with Crippen molar-refractivity contribution in [3.63, 3.8) is 0 Å². The highest BCUT2D eigenvalue weighted by atomic mass is 79.9. The highest BCUT2D eigenvalue weighted by molar-refractivity contribution is 9.11. The third-order valence-corrected chi connectivity index (χ3v) is 8.28. The van der Waals surface area contributed by atoms with Crippen molar-refractivity contribution in [2.24, 2.45) is 0 Å². The maximum atomic E-state index is 13.7. The van der Waals surface area contributed by atoms with E-state index in [4.69, 9.17) is 0 Å². The van der Waals surface area contributed by atoms with Gasteiger partial charge in [0.25, 0.3) is 0 Å². The van der Waals surface area contributed by atoms with Gasteiger partial charge >= 0.3 is 0 Å². The summed E-state index contributed by atoms with van der Waals surface area (Å²) in [5.41, 5.74) is 1.20. The van der Waals surface area contributed by atoms with Crippen LogP contribution >= 0.6 is 15.9 Å². The number of allylic oxidation sites excluding steroid dienone is 3. The Kier molecular flexibility index (Phi) is 4.76. The monoisotopic (exact) mass is 463 g/mol. The number of anilines is 1. The SMILES string of the molecule is CN1CCN(c2cccc3ccn(S(=O)(=O)C4(C)C=CC=C(Br)C4)c23)C(=O)C1. The van der Waals surface area contributed by atoms with Crippen LogP contribution in [0.4, 0.5) is 5.69 Å². The van der Waals surface area contributed by atoms with Crippen molar-refractivity contribution in [3.05, 3.63) is 53.2 Å². The summed E-state index contributed by atoms with van der Waals surface area (Å²) in [6.45, 7) is 3.32. The number of hydrogen-bond acceptors (Lipinski definition) is 4. The smallest absolute Gasteiger partial charge is 0.248 e. The zero-order valence-electron chi connectivity index (χ0n) is 15.8.